The normalized spacial score (nSPS) is 16.3. The third-order valence-corrected chi connectivity index (χ3v) is 3.49. The van der Waals surface area contributed by atoms with Gasteiger partial charge in [0, 0.05) is 12.6 Å². The Kier molecular flexibility index (Phi) is 4.37. The number of thiocarbonyl (C=S) groups is 1. The van der Waals surface area contributed by atoms with Crippen molar-refractivity contribution in [1.29, 1.82) is 0 Å². The van der Waals surface area contributed by atoms with E-state index in [1.165, 1.54) is 18.4 Å². The standard InChI is InChI=1S/C14H20N2S/c1-11(13-7-8-13)16-14(17)15-10-9-12-5-3-2-4-6-12/h2-6,11,13H,7-10H2,1H3,(H2,15,16,17)/t11-/m1/s1. The molecule has 0 unspecified atom stereocenters. The van der Waals surface area contributed by atoms with Crippen LogP contribution in [0.25, 0.3) is 0 Å². The second kappa shape index (κ2) is 6.01. The van der Waals surface area contributed by atoms with E-state index in [-0.39, 0.29) is 0 Å². The van der Waals surface area contributed by atoms with Crippen LogP contribution in [0, 0.1) is 5.92 Å². The van der Waals surface area contributed by atoms with Gasteiger partial charge in [0.05, 0.1) is 0 Å². The first kappa shape index (κ1) is 12.4. The summed E-state index contributed by atoms with van der Waals surface area (Å²) in [5.74, 6) is 0.837. The Morgan fingerprint density at radius 2 is 2.06 bits per heavy atom. The average molecular weight is 248 g/mol. The molecule has 0 radical (unpaired) electrons. The summed E-state index contributed by atoms with van der Waals surface area (Å²) in [6, 6.07) is 11.0. The van der Waals surface area contributed by atoms with Gasteiger partial charge in [0.15, 0.2) is 5.11 Å². The first-order valence-corrected chi connectivity index (χ1v) is 6.75. The zero-order valence-electron chi connectivity index (χ0n) is 10.3. The molecular formula is C14H20N2S. The van der Waals surface area contributed by atoms with E-state index in [0.29, 0.717) is 6.04 Å². The van der Waals surface area contributed by atoms with Crippen LogP contribution >= 0.6 is 12.2 Å². The Hall–Kier alpha value is -1.09. The summed E-state index contributed by atoms with van der Waals surface area (Å²) in [5, 5.41) is 7.41. The SMILES string of the molecule is C[C@@H](NC(=S)NCCc1ccccc1)C1CC1. The molecule has 1 fully saturated rings. The number of benzene rings is 1. The van der Waals surface area contributed by atoms with Gasteiger partial charge in [-0.05, 0) is 49.9 Å². The predicted octanol–water partition coefficient (Wildman–Crippen LogP) is 2.49. The van der Waals surface area contributed by atoms with Gasteiger partial charge < -0.3 is 10.6 Å². The van der Waals surface area contributed by atoms with Crippen LogP contribution in [0.15, 0.2) is 30.3 Å². The van der Waals surface area contributed by atoms with Gasteiger partial charge in [-0.3, -0.25) is 0 Å². The molecule has 2 rings (SSSR count). The number of hydrogen-bond acceptors (Lipinski definition) is 1. The quantitative estimate of drug-likeness (QED) is 0.783. The van der Waals surface area contributed by atoms with E-state index in [1.54, 1.807) is 0 Å². The minimum atomic E-state index is 0.520. The molecule has 1 aromatic rings. The monoisotopic (exact) mass is 248 g/mol. The molecule has 1 saturated carbocycles. The van der Waals surface area contributed by atoms with Crippen LogP contribution in [0.4, 0.5) is 0 Å². The van der Waals surface area contributed by atoms with E-state index in [1.807, 2.05) is 6.07 Å². The second-order valence-corrected chi connectivity index (χ2v) is 5.17. The summed E-state index contributed by atoms with van der Waals surface area (Å²) in [6.45, 7) is 3.11. The van der Waals surface area contributed by atoms with Gasteiger partial charge in [0.2, 0.25) is 0 Å². The first-order valence-electron chi connectivity index (χ1n) is 6.34. The molecule has 0 aliphatic heterocycles. The number of rotatable bonds is 5. The third kappa shape index (κ3) is 4.35. The Morgan fingerprint density at radius 3 is 2.71 bits per heavy atom. The second-order valence-electron chi connectivity index (χ2n) is 4.76. The highest BCUT2D eigenvalue weighted by molar-refractivity contribution is 7.80. The molecule has 3 heteroatoms. The van der Waals surface area contributed by atoms with Crippen LogP contribution in [0.1, 0.15) is 25.3 Å². The van der Waals surface area contributed by atoms with E-state index in [9.17, 15) is 0 Å². The molecule has 0 aromatic heterocycles. The van der Waals surface area contributed by atoms with E-state index in [0.717, 1.165) is 24.0 Å². The van der Waals surface area contributed by atoms with Crippen LogP contribution in [0.3, 0.4) is 0 Å². The molecule has 17 heavy (non-hydrogen) atoms. The Balaban J connectivity index is 1.63. The molecule has 0 saturated heterocycles. The van der Waals surface area contributed by atoms with Gasteiger partial charge in [-0.25, -0.2) is 0 Å². The van der Waals surface area contributed by atoms with Crippen LogP contribution in [0.5, 0.6) is 0 Å². The summed E-state index contributed by atoms with van der Waals surface area (Å²) in [4.78, 5) is 0. The fourth-order valence-corrected chi connectivity index (χ4v) is 2.22. The zero-order valence-corrected chi connectivity index (χ0v) is 11.1. The zero-order chi connectivity index (χ0) is 12.1. The Morgan fingerprint density at radius 1 is 1.35 bits per heavy atom. The predicted molar refractivity (Wildman–Crippen MR) is 76.1 cm³/mol. The van der Waals surface area contributed by atoms with E-state index in [4.69, 9.17) is 12.2 Å². The van der Waals surface area contributed by atoms with E-state index < -0.39 is 0 Å². The maximum Gasteiger partial charge on any atom is 0.166 e. The highest BCUT2D eigenvalue weighted by Gasteiger charge is 2.28. The Labute approximate surface area is 109 Å². The van der Waals surface area contributed by atoms with E-state index >= 15 is 0 Å². The van der Waals surface area contributed by atoms with Gasteiger partial charge in [-0.15, -0.1) is 0 Å². The fraction of sp³-hybridized carbons (Fsp3) is 0.500. The lowest BCUT2D eigenvalue weighted by Crippen LogP contribution is -2.42. The van der Waals surface area contributed by atoms with Crippen molar-refractivity contribution in [2.24, 2.45) is 5.92 Å². The summed E-state index contributed by atoms with van der Waals surface area (Å²) >= 11 is 5.27. The summed E-state index contributed by atoms with van der Waals surface area (Å²) in [5.41, 5.74) is 1.35. The lowest BCUT2D eigenvalue weighted by molar-refractivity contribution is 0.581. The molecule has 92 valence electrons. The van der Waals surface area contributed by atoms with E-state index in [2.05, 4.69) is 41.8 Å². The molecule has 0 heterocycles. The maximum absolute atomic E-state index is 5.27. The van der Waals surface area contributed by atoms with Crippen molar-refractivity contribution < 1.29 is 0 Å². The van der Waals surface area contributed by atoms with Crippen molar-refractivity contribution in [3.8, 4) is 0 Å². The maximum atomic E-state index is 5.27. The smallest absolute Gasteiger partial charge is 0.166 e. The van der Waals surface area contributed by atoms with Gasteiger partial charge in [-0.1, -0.05) is 30.3 Å². The van der Waals surface area contributed by atoms with Crippen LogP contribution in [-0.4, -0.2) is 17.7 Å². The van der Waals surface area contributed by atoms with Gasteiger partial charge in [0.1, 0.15) is 0 Å². The van der Waals surface area contributed by atoms with Crippen LogP contribution in [0.2, 0.25) is 0 Å². The van der Waals surface area contributed by atoms with Crippen LogP contribution < -0.4 is 10.6 Å². The van der Waals surface area contributed by atoms with Crippen molar-refractivity contribution in [2.75, 3.05) is 6.54 Å². The Bertz CT molecular complexity index is 360. The molecular weight excluding hydrogens is 228 g/mol. The minimum absolute atomic E-state index is 0.520. The molecule has 2 N–H and O–H groups in total. The van der Waals surface area contributed by atoms with Crippen molar-refractivity contribution in [1.82, 2.24) is 10.6 Å². The molecule has 1 aliphatic carbocycles. The molecule has 1 aliphatic rings. The topological polar surface area (TPSA) is 24.1 Å². The summed E-state index contributed by atoms with van der Waals surface area (Å²) < 4.78 is 0. The highest BCUT2D eigenvalue weighted by atomic mass is 32.1. The molecule has 0 amide bonds. The minimum Gasteiger partial charge on any atom is -0.362 e. The lowest BCUT2D eigenvalue weighted by Gasteiger charge is -2.16. The van der Waals surface area contributed by atoms with Crippen molar-refractivity contribution in [3.05, 3.63) is 35.9 Å². The molecule has 0 spiro atoms. The summed E-state index contributed by atoms with van der Waals surface area (Å²) in [6.07, 6.45) is 3.71. The molecule has 1 atom stereocenters. The molecule has 2 nitrogen and oxygen atoms in total. The van der Waals surface area contributed by atoms with Gasteiger partial charge in [-0.2, -0.15) is 0 Å². The third-order valence-electron chi connectivity index (χ3n) is 3.23. The van der Waals surface area contributed by atoms with Crippen molar-refractivity contribution in [3.63, 3.8) is 0 Å². The molecule has 0 bridgehead atoms. The van der Waals surface area contributed by atoms with Gasteiger partial charge >= 0.3 is 0 Å². The van der Waals surface area contributed by atoms with Gasteiger partial charge in [0.25, 0.3) is 0 Å². The van der Waals surface area contributed by atoms with Crippen LogP contribution in [-0.2, 0) is 6.42 Å². The number of nitrogens with one attached hydrogen (secondary N) is 2. The highest BCUT2D eigenvalue weighted by Crippen LogP contribution is 2.32. The van der Waals surface area contributed by atoms with Crippen molar-refractivity contribution >= 4 is 17.3 Å². The van der Waals surface area contributed by atoms with Crippen molar-refractivity contribution in [2.45, 2.75) is 32.2 Å². The largest absolute Gasteiger partial charge is 0.362 e. The molecule has 1 aromatic carbocycles. The summed E-state index contributed by atoms with van der Waals surface area (Å²) in [7, 11) is 0. The fourth-order valence-electron chi connectivity index (χ4n) is 1.94. The number of hydrogen-bond donors (Lipinski definition) is 2. The lowest BCUT2D eigenvalue weighted by atomic mass is 10.1. The average Bonchev–Trinajstić information content (AvgIpc) is 3.14. The first-order chi connectivity index (χ1) is 8.25.